The summed E-state index contributed by atoms with van der Waals surface area (Å²) in [6, 6.07) is 19.6. The molecule has 3 fully saturated rings. The molecule has 3 heterocycles. The molecule has 2 unspecified atom stereocenters. The minimum absolute atomic E-state index is 0.0292. The molecule has 0 aliphatic carbocycles. The molecule has 8 nitrogen and oxygen atoms in total. The highest BCUT2D eigenvalue weighted by Gasteiger charge is 2.74. The Kier molecular flexibility index (Phi) is 8.13. The lowest BCUT2D eigenvalue weighted by molar-refractivity contribution is -0.142. The van der Waals surface area contributed by atoms with Crippen LogP contribution in [0.2, 0.25) is 0 Å². The number of hydrogen-bond acceptors (Lipinski definition) is 6. The minimum atomic E-state index is -0.805. The fourth-order valence-corrected chi connectivity index (χ4v) is 9.57. The first-order chi connectivity index (χ1) is 20.8. The Morgan fingerprint density at radius 3 is 2.42 bits per heavy atom. The van der Waals surface area contributed by atoms with E-state index >= 15 is 0 Å². The van der Waals surface area contributed by atoms with Gasteiger partial charge in [-0.15, -0.1) is 11.8 Å². The monoisotopic (exact) mass is 601 g/mol. The summed E-state index contributed by atoms with van der Waals surface area (Å²) >= 11 is 1.62. The summed E-state index contributed by atoms with van der Waals surface area (Å²) in [5.41, 5.74) is 1.29. The van der Waals surface area contributed by atoms with Gasteiger partial charge in [0.2, 0.25) is 17.7 Å². The first-order valence-corrected chi connectivity index (χ1v) is 16.1. The summed E-state index contributed by atoms with van der Waals surface area (Å²) in [5.74, 6) is -1.22. The predicted molar refractivity (Wildman–Crippen MR) is 170 cm³/mol. The Hall–Kier alpha value is -3.56. The maximum Gasteiger partial charge on any atom is 0.248 e. The Morgan fingerprint density at radius 2 is 1.72 bits per heavy atom. The van der Waals surface area contributed by atoms with Crippen LogP contribution in [0.3, 0.4) is 0 Å². The van der Waals surface area contributed by atoms with Crippen molar-refractivity contribution < 1.29 is 24.2 Å². The lowest BCUT2D eigenvalue weighted by Crippen LogP contribution is -2.56. The van der Waals surface area contributed by atoms with Gasteiger partial charge in [0.25, 0.3) is 0 Å². The molecule has 3 N–H and O–H groups in total. The quantitative estimate of drug-likeness (QED) is 0.291. The molecule has 7 atom stereocenters. The van der Waals surface area contributed by atoms with Crippen molar-refractivity contribution in [2.75, 3.05) is 23.8 Å². The molecular formula is C34H39N3O5S. The molecule has 0 radical (unpaired) electrons. The molecule has 3 aliphatic heterocycles. The van der Waals surface area contributed by atoms with Crippen LogP contribution >= 0.6 is 11.8 Å². The van der Waals surface area contributed by atoms with Crippen LogP contribution in [-0.4, -0.2) is 63.0 Å². The van der Waals surface area contributed by atoms with Crippen LogP contribution in [0, 0.1) is 17.8 Å². The van der Waals surface area contributed by atoms with Crippen molar-refractivity contribution in [3.05, 3.63) is 66.7 Å². The van der Waals surface area contributed by atoms with Gasteiger partial charge in [-0.1, -0.05) is 50.6 Å². The summed E-state index contributed by atoms with van der Waals surface area (Å²) in [4.78, 5) is 44.2. The summed E-state index contributed by atoms with van der Waals surface area (Å²) in [6.45, 7) is 6.23. The second-order valence-electron chi connectivity index (χ2n) is 11.9. The summed E-state index contributed by atoms with van der Waals surface area (Å²) in [7, 11) is 0. The normalized spacial score (nSPS) is 27.2. The van der Waals surface area contributed by atoms with Crippen LogP contribution in [0.1, 0.15) is 40.0 Å². The Morgan fingerprint density at radius 1 is 1.02 bits per heavy atom. The van der Waals surface area contributed by atoms with Crippen molar-refractivity contribution in [2.45, 2.75) is 62.1 Å². The highest BCUT2D eigenvalue weighted by atomic mass is 32.2. The highest BCUT2D eigenvalue weighted by molar-refractivity contribution is 8.02. The zero-order valence-corrected chi connectivity index (χ0v) is 25.6. The average Bonchev–Trinajstić information content (AvgIpc) is 3.66. The smallest absolute Gasteiger partial charge is 0.248 e. The fraction of sp³-hybridized carbons (Fsp3) is 0.441. The Bertz CT molecular complexity index is 1530. The summed E-state index contributed by atoms with van der Waals surface area (Å²) in [5, 5.41) is 18.7. The average molecular weight is 602 g/mol. The van der Waals surface area contributed by atoms with E-state index in [2.05, 4.69) is 10.6 Å². The Labute approximate surface area is 256 Å². The third kappa shape index (κ3) is 5.06. The van der Waals surface area contributed by atoms with Gasteiger partial charge in [-0.3, -0.25) is 14.4 Å². The first kappa shape index (κ1) is 29.5. The second-order valence-corrected chi connectivity index (χ2v) is 13.5. The molecule has 43 heavy (non-hydrogen) atoms. The number of fused-ring (bicyclic) bond motifs is 2. The van der Waals surface area contributed by atoms with Gasteiger partial charge < -0.3 is 25.4 Å². The number of amides is 3. The molecule has 2 bridgehead atoms. The zero-order valence-electron chi connectivity index (χ0n) is 24.8. The molecule has 3 aromatic rings. The molecule has 3 amide bonds. The Balaban J connectivity index is 1.33. The fourth-order valence-electron chi connectivity index (χ4n) is 7.37. The van der Waals surface area contributed by atoms with Crippen molar-refractivity contribution in [1.29, 1.82) is 0 Å². The van der Waals surface area contributed by atoms with E-state index in [1.807, 2.05) is 75.4 Å². The van der Waals surface area contributed by atoms with Gasteiger partial charge in [0.05, 0.1) is 35.8 Å². The zero-order chi connectivity index (χ0) is 30.3. The molecule has 0 saturated carbocycles. The van der Waals surface area contributed by atoms with Gasteiger partial charge in [-0.25, -0.2) is 0 Å². The molecule has 226 valence electrons. The van der Waals surface area contributed by atoms with Gasteiger partial charge in [0.15, 0.2) is 0 Å². The third-order valence-corrected chi connectivity index (χ3v) is 11.5. The summed E-state index contributed by atoms with van der Waals surface area (Å²) < 4.78 is 4.78. The molecule has 1 spiro atoms. The number of benzene rings is 3. The number of rotatable bonds is 10. The highest BCUT2D eigenvalue weighted by Crippen LogP contribution is 2.67. The molecule has 6 rings (SSSR count). The number of thioether (sulfide) groups is 1. The largest absolute Gasteiger partial charge is 0.494 e. The van der Waals surface area contributed by atoms with Crippen LogP contribution in [0.5, 0.6) is 5.75 Å². The number of aliphatic hydroxyl groups is 1. The first-order valence-electron chi connectivity index (χ1n) is 15.3. The molecule has 3 saturated heterocycles. The van der Waals surface area contributed by atoms with Gasteiger partial charge in [-0.2, -0.15) is 0 Å². The molecule has 9 heteroatoms. The minimum Gasteiger partial charge on any atom is -0.494 e. The van der Waals surface area contributed by atoms with Crippen molar-refractivity contribution in [3.63, 3.8) is 0 Å². The lowest BCUT2D eigenvalue weighted by atomic mass is 9.70. The van der Waals surface area contributed by atoms with E-state index in [-0.39, 0.29) is 35.5 Å². The van der Waals surface area contributed by atoms with Crippen molar-refractivity contribution in [2.24, 2.45) is 17.8 Å². The van der Waals surface area contributed by atoms with Gasteiger partial charge in [0.1, 0.15) is 11.8 Å². The van der Waals surface area contributed by atoms with Crippen LogP contribution in [0.4, 0.5) is 11.4 Å². The second kappa shape index (κ2) is 11.8. The predicted octanol–water partition coefficient (Wildman–Crippen LogP) is 5.31. The third-order valence-electron chi connectivity index (χ3n) is 9.58. The maximum atomic E-state index is 14.4. The maximum absolute atomic E-state index is 14.4. The number of nitrogens with one attached hydrogen (secondary N) is 2. The molecular weight excluding hydrogens is 562 g/mol. The van der Waals surface area contributed by atoms with Crippen LogP contribution < -0.4 is 15.4 Å². The lowest BCUT2D eigenvalue weighted by Gasteiger charge is -2.39. The van der Waals surface area contributed by atoms with E-state index in [0.717, 1.165) is 29.4 Å². The van der Waals surface area contributed by atoms with E-state index in [4.69, 9.17) is 4.74 Å². The van der Waals surface area contributed by atoms with Crippen LogP contribution in [0.25, 0.3) is 10.8 Å². The van der Waals surface area contributed by atoms with E-state index in [1.54, 1.807) is 28.8 Å². The number of carbonyl (C=O) groups is 3. The van der Waals surface area contributed by atoms with E-state index in [9.17, 15) is 19.5 Å². The SMILES string of the molecule is CCOc1ccc(NC(=O)[C@@H]2[C@@H]3CCC4(S3)C(C(=O)Nc3ccc5ccccc5c3)N([C@@H](CO)[C@@H](C)CC)C(=O)[C@H]24)cc1. The van der Waals surface area contributed by atoms with Crippen molar-refractivity contribution >= 4 is 51.6 Å². The molecule has 3 aromatic carbocycles. The van der Waals surface area contributed by atoms with E-state index < -0.39 is 28.7 Å². The number of hydrogen-bond donors (Lipinski definition) is 3. The number of likely N-dealkylation sites (tertiary alicyclic amines) is 1. The van der Waals surface area contributed by atoms with E-state index in [0.29, 0.717) is 24.4 Å². The number of anilines is 2. The standard InChI is InChI=1S/C34H39N3O5S/c1-4-20(3)26(19-38)37-30(32(40)36-24-11-10-21-8-6-7-9-22(21)18-24)34-17-16-27(43-34)28(29(34)33(37)41)31(39)35-23-12-14-25(15-13-23)42-5-2/h6-15,18,20,26-30,38H,4-5,16-17,19H2,1-3H3,(H,35,39)(H,36,40)/t20-,26-,27-,28+,29-,30?,34?/m0/s1. The van der Waals surface area contributed by atoms with Crippen LogP contribution in [-0.2, 0) is 14.4 Å². The van der Waals surface area contributed by atoms with Gasteiger partial charge in [-0.05, 0) is 72.9 Å². The van der Waals surface area contributed by atoms with Gasteiger partial charge >= 0.3 is 0 Å². The molecule has 0 aromatic heterocycles. The molecule has 3 aliphatic rings. The number of ether oxygens (including phenoxy) is 1. The van der Waals surface area contributed by atoms with E-state index in [1.165, 1.54) is 0 Å². The van der Waals surface area contributed by atoms with Crippen molar-refractivity contribution in [3.8, 4) is 5.75 Å². The van der Waals surface area contributed by atoms with Crippen LogP contribution in [0.15, 0.2) is 66.7 Å². The summed E-state index contributed by atoms with van der Waals surface area (Å²) in [6.07, 6.45) is 2.15. The number of nitrogens with zero attached hydrogens (tertiary/aromatic N) is 1. The number of carbonyl (C=O) groups excluding carboxylic acids is 3. The topological polar surface area (TPSA) is 108 Å². The van der Waals surface area contributed by atoms with Gasteiger partial charge in [0, 0.05) is 16.6 Å². The van der Waals surface area contributed by atoms with Crippen molar-refractivity contribution in [1.82, 2.24) is 4.90 Å². The number of aliphatic hydroxyl groups excluding tert-OH is 1.